The van der Waals surface area contributed by atoms with Gasteiger partial charge in [0.1, 0.15) is 5.82 Å². The van der Waals surface area contributed by atoms with Gasteiger partial charge in [-0.2, -0.15) is 0 Å². The number of likely N-dealkylation sites (tertiary alicyclic amines) is 1. The van der Waals surface area contributed by atoms with Crippen LogP contribution in [0.3, 0.4) is 0 Å². The molecule has 1 aliphatic heterocycles. The lowest BCUT2D eigenvalue weighted by molar-refractivity contribution is -0.138. The van der Waals surface area contributed by atoms with Crippen molar-refractivity contribution >= 4 is 5.91 Å². The van der Waals surface area contributed by atoms with Gasteiger partial charge >= 0.3 is 0 Å². The number of carbonyl (C=O) groups excluding carboxylic acids is 1. The quantitative estimate of drug-likeness (QED) is 0.596. The second-order valence-corrected chi connectivity index (χ2v) is 8.69. The summed E-state index contributed by atoms with van der Waals surface area (Å²) in [5, 5.41) is 0. The highest BCUT2D eigenvalue weighted by Crippen LogP contribution is 2.37. The number of aromatic nitrogens is 1. The molecular weight excluding hydrogens is 389 g/mol. The largest absolute Gasteiger partial charge is 0.348 e. The minimum absolute atomic E-state index is 0.154. The molecule has 0 N–H and O–H groups in total. The Hall–Kier alpha value is -3.05. The van der Waals surface area contributed by atoms with Crippen LogP contribution < -0.4 is 0 Å². The van der Waals surface area contributed by atoms with E-state index < -0.39 is 5.41 Å². The molecule has 1 fully saturated rings. The van der Waals surface area contributed by atoms with Gasteiger partial charge in [-0.25, -0.2) is 4.39 Å². The fraction of sp³-hybridized carbons (Fsp3) is 0.308. The summed E-state index contributed by atoms with van der Waals surface area (Å²) in [7, 11) is 3.65. The normalized spacial score (nSPS) is 18.8. The monoisotopic (exact) mass is 417 g/mol. The molecule has 1 aromatic heterocycles. The van der Waals surface area contributed by atoms with Gasteiger partial charge in [0.25, 0.3) is 0 Å². The summed E-state index contributed by atoms with van der Waals surface area (Å²) in [4.78, 5) is 21.5. The van der Waals surface area contributed by atoms with Crippen LogP contribution in [0, 0.1) is 11.2 Å². The van der Waals surface area contributed by atoms with Crippen molar-refractivity contribution < 1.29 is 9.18 Å². The second kappa shape index (κ2) is 8.98. The van der Waals surface area contributed by atoms with Crippen molar-refractivity contribution in [2.45, 2.75) is 19.4 Å². The Morgan fingerprint density at radius 1 is 1.06 bits per heavy atom. The molecule has 1 amide bonds. The van der Waals surface area contributed by atoms with E-state index in [-0.39, 0.29) is 11.7 Å². The number of nitrogens with zero attached hydrogens (tertiary/aromatic N) is 3. The predicted molar refractivity (Wildman–Crippen MR) is 121 cm³/mol. The maximum atomic E-state index is 13.6. The average molecular weight is 418 g/mol. The van der Waals surface area contributed by atoms with Crippen molar-refractivity contribution in [2.24, 2.45) is 5.41 Å². The maximum Gasteiger partial charge on any atom is 0.229 e. The Bertz CT molecular complexity index is 1050. The van der Waals surface area contributed by atoms with Crippen LogP contribution in [-0.2, 0) is 17.8 Å². The van der Waals surface area contributed by atoms with E-state index in [1.165, 1.54) is 6.07 Å². The van der Waals surface area contributed by atoms with Gasteiger partial charge in [-0.1, -0.05) is 42.5 Å². The van der Waals surface area contributed by atoms with Gasteiger partial charge in [0.05, 0.1) is 5.41 Å². The van der Waals surface area contributed by atoms with Crippen LogP contribution >= 0.6 is 0 Å². The van der Waals surface area contributed by atoms with Crippen molar-refractivity contribution in [2.75, 3.05) is 27.2 Å². The van der Waals surface area contributed by atoms with Crippen molar-refractivity contribution in [1.29, 1.82) is 0 Å². The van der Waals surface area contributed by atoms with E-state index in [4.69, 9.17) is 0 Å². The third-order valence-electron chi connectivity index (χ3n) is 6.05. The first-order chi connectivity index (χ1) is 14.9. The molecule has 0 bridgehead atoms. The van der Waals surface area contributed by atoms with Crippen LogP contribution in [0.25, 0.3) is 11.1 Å². The molecule has 3 aromatic rings. The summed E-state index contributed by atoms with van der Waals surface area (Å²) >= 11 is 0. The highest BCUT2D eigenvalue weighted by molar-refractivity contribution is 5.83. The Balaban J connectivity index is 1.57. The summed E-state index contributed by atoms with van der Waals surface area (Å²) in [5.41, 5.74) is 3.77. The van der Waals surface area contributed by atoms with Gasteiger partial charge in [-0.3, -0.25) is 14.7 Å². The summed E-state index contributed by atoms with van der Waals surface area (Å²) < 4.78 is 13.6. The van der Waals surface area contributed by atoms with Gasteiger partial charge in [-0.15, -0.1) is 0 Å². The van der Waals surface area contributed by atoms with E-state index in [2.05, 4.69) is 28.1 Å². The number of halogens is 1. The summed E-state index contributed by atoms with van der Waals surface area (Å²) in [6.45, 7) is 2.13. The van der Waals surface area contributed by atoms with E-state index >= 15 is 0 Å². The van der Waals surface area contributed by atoms with Gasteiger partial charge in [0.2, 0.25) is 5.91 Å². The SMILES string of the molecule is CN(C)C(=O)[C@]1(Cc2cccc(-c3cccnc3)c2)CCN(Cc2cccc(F)c2)C1. The molecule has 4 nitrogen and oxygen atoms in total. The van der Waals surface area contributed by atoms with E-state index in [0.717, 1.165) is 35.2 Å². The Labute approximate surface area is 183 Å². The number of amides is 1. The molecule has 0 aliphatic carbocycles. The smallest absolute Gasteiger partial charge is 0.229 e. The predicted octanol–water partition coefficient (Wildman–Crippen LogP) is 4.41. The average Bonchev–Trinajstić information content (AvgIpc) is 3.17. The Kier molecular flexibility index (Phi) is 6.14. The number of carbonyl (C=O) groups is 1. The molecule has 1 aliphatic rings. The van der Waals surface area contributed by atoms with Crippen LogP contribution in [0.5, 0.6) is 0 Å². The van der Waals surface area contributed by atoms with Crippen LogP contribution in [0.1, 0.15) is 17.5 Å². The number of rotatable bonds is 6. The van der Waals surface area contributed by atoms with Crippen LogP contribution in [0.15, 0.2) is 73.1 Å². The number of pyridine rings is 1. The molecule has 1 atom stereocenters. The molecule has 0 radical (unpaired) electrons. The molecule has 1 saturated heterocycles. The molecule has 2 heterocycles. The Morgan fingerprint density at radius 3 is 2.58 bits per heavy atom. The minimum atomic E-state index is -0.482. The first kappa shape index (κ1) is 21.2. The standard InChI is InChI=1S/C26H28FN3O/c1-29(2)25(31)26(11-13-30(19-26)18-21-7-4-10-24(27)15-21)16-20-6-3-8-22(14-20)23-9-5-12-28-17-23/h3-10,12,14-15,17H,11,13,16,18-19H2,1-2H3/t26-/m0/s1. The second-order valence-electron chi connectivity index (χ2n) is 8.69. The van der Waals surface area contributed by atoms with E-state index in [9.17, 15) is 9.18 Å². The molecular formula is C26H28FN3O. The van der Waals surface area contributed by atoms with E-state index in [0.29, 0.717) is 19.5 Å². The fourth-order valence-electron chi connectivity index (χ4n) is 4.64. The number of hydrogen-bond donors (Lipinski definition) is 0. The molecule has 2 aromatic carbocycles. The molecule has 0 saturated carbocycles. The summed E-state index contributed by atoms with van der Waals surface area (Å²) in [6, 6.07) is 19.1. The van der Waals surface area contributed by atoms with Crippen molar-refractivity contribution in [1.82, 2.24) is 14.8 Å². The molecule has 4 rings (SSSR count). The summed E-state index contributed by atoms with van der Waals surface area (Å²) in [6.07, 6.45) is 5.09. The zero-order valence-electron chi connectivity index (χ0n) is 18.1. The van der Waals surface area contributed by atoms with Crippen molar-refractivity contribution in [3.8, 4) is 11.1 Å². The fourth-order valence-corrected chi connectivity index (χ4v) is 4.64. The summed E-state index contributed by atoms with van der Waals surface area (Å²) in [5.74, 6) is -0.0689. The minimum Gasteiger partial charge on any atom is -0.348 e. The molecule has 0 unspecified atom stereocenters. The van der Waals surface area contributed by atoms with Crippen molar-refractivity contribution in [3.63, 3.8) is 0 Å². The maximum absolute atomic E-state index is 13.6. The zero-order chi connectivity index (χ0) is 21.8. The van der Waals surface area contributed by atoms with Gasteiger partial charge in [0.15, 0.2) is 0 Å². The van der Waals surface area contributed by atoms with Gasteiger partial charge in [-0.05, 0) is 59.8 Å². The highest BCUT2D eigenvalue weighted by Gasteiger charge is 2.45. The Morgan fingerprint density at radius 2 is 1.84 bits per heavy atom. The molecule has 0 spiro atoms. The third-order valence-corrected chi connectivity index (χ3v) is 6.05. The van der Waals surface area contributed by atoms with Gasteiger partial charge in [0, 0.05) is 39.6 Å². The first-order valence-corrected chi connectivity index (χ1v) is 10.6. The van der Waals surface area contributed by atoms with Gasteiger partial charge < -0.3 is 4.90 Å². The molecule has 5 heteroatoms. The van der Waals surface area contributed by atoms with Crippen LogP contribution in [0.2, 0.25) is 0 Å². The zero-order valence-corrected chi connectivity index (χ0v) is 18.1. The first-order valence-electron chi connectivity index (χ1n) is 10.6. The van der Waals surface area contributed by atoms with Crippen LogP contribution in [-0.4, -0.2) is 47.9 Å². The molecule has 31 heavy (non-hydrogen) atoms. The van der Waals surface area contributed by atoms with Crippen LogP contribution in [0.4, 0.5) is 4.39 Å². The van der Waals surface area contributed by atoms with E-state index in [1.54, 1.807) is 23.2 Å². The molecule has 160 valence electrons. The van der Waals surface area contributed by atoms with Crippen molar-refractivity contribution in [3.05, 3.63) is 90.0 Å². The number of benzene rings is 2. The van der Waals surface area contributed by atoms with E-state index in [1.807, 2.05) is 44.6 Å². The topological polar surface area (TPSA) is 36.4 Å². The lowest BCUT2D eigenvalue weighted by Gasteiger charge is -2.31. The number of hydrogen-bond acceptors (Lipinski definition) is 3. The lowest BCUT2D eigenvalue weighted by atomic mass is 9.79. The third kappa shape index (κ3) is 4.83. The lowest BCUT2D eigenvalue weighted by Crippen LogP contribution is -2.43. The highest BCUT2D eigenvalue weighted by atomic mass is 19.1.